The standard InChI is InChI=1S/C11H20N2O3/c1-8(14)10-4-3-5-13(7-10)11(16)6-12-9(2)15/h8,10,14H,3-7H2,1-2H3,(H,12,15). The van der Waals surface area contributed by atoms with E-state index in [-0.39, 0.29) is 30.4 Å². The summed E-state index contributed by atoms with van der Waals surface area (Å²) in [5.41, 5.74) is 0. The van der Waals surface area contributed by atoms with Crippen molar-refractivity contribution in [2.75, 3.05) is 19.6 Å². The van der Waals surface area contributed by atoms with E-state index >= 15 is 0 Å². The average Bonchev–Trinajstić information content (AvgIpc) is 2.26. The van der Waals surface area contributed by atoms with Crippen LogP contribution in [0.1, 0.15) is 26.7 Å². The predicted octanol–water partition coefficient (Wildman–Crippen LogP) is -0.258. The number of nitrogens with zero attached hydrogens (tertiary/aromatic N) is 1. The second-order valence-electron chi connectivity index (χ2n) is 4.39. The second-order valence-corrected chi connectivity index (χ2v) is 4.39. The van der Waals surface area contributed by atoms with Crippen LogP contribution in [0.2, 0.25) is 0 Å². The smallest absolute Gasteiger partial charge is 0.241 e. The van der Waals surface area contributed by atoms with E-state index < -0.39 is 0 Å². The lowest BCUT2D eigenvalue weighted by atomic mass is 9.93. The fourth-order valence-corrected chi connectivity index (χ4v) is 1.94. The van der Waals surface area contributed by atoms with Gasteiger partial charge in [-0.3, -0.25) is 9.59 Å². The Labute approximate surface area is 95.8 Å². The lowest BCUT2D eigenvalue weighted by molar-refractivity contribution is -0.134. The van der Waals surface area contributed by atoms with Crippen LogP contribution >= 0.6 is 0 Å². The molecular formula is C11H20N2O3. The molecule has 2 atom stereocenters. The van der Waals surface area contributed by atoms with Gasteiger partial charge < -0.3 is 15.3 Å². The first-order valence-corrected chi connectivity index (χ1v) is 5.71. The van der Waals surface area contributed by atoms with Crippen molar-refractivity contribution in [1.82, 2.24) is 10.2 Å². The van der Waals surface area contributed by atoms with Gasteiger partial charge in [0.2, 0.25) is 11.8 Å². The van der Waals surface area contributed by atoms with Crippen LogP contribution in [0.4, 0.5) is 0 Å². The maximum atomic E-state index is 11.7. The minimum Gasteiger partial charge on any atom is -0.393 e. The highest BCUT2D eigenvalue weighted by atomic mass is 16.3. The molecular weight excluding hydrogens is 208 g/mol. The molecule has 0 saturated carbocycles. The molecule has 0 spiro atoms. The van der Waals surface area contributed by atoms with Crippen LogP contribution in [-0.4, -0.2) is 47.6 Å². The fourth-order valence-electron chi connectivity index (χ4n) is 1.94. The van der Waals surface area contributed by atoms with Gasteiger partial charge in [0.15, 0.2) is 0 Å². The maximum absolute atomic E-state index is 11.7. The maximum Gasteiger partial charge on any atom is 0.241 e. The van der Waals surface area contributed by atoms with Gasteiger partial charge in [-0.25, -0.2) is 0 Å². The molecule has 2 N–H and O–H groups in total. The summed E-state index contributed by atoms with van der Waals surface area (Å²) in [5.74, 6) is -0.104. The molecule has 16 heavy (non-hydrogen) atoms. The third-order valence-corrected chi connectivity index (χ3v) is 2.98. The molecule has 5 heteroatoms. The summed E-state index contributed by atoms with van der Waals surface area (Å²) in [6.07, 6.45) is 1.50. The largest absolute Gasteiger partial charge is 0.393 e. The number of carbonyl (C=O) groups excluding carboxylic acids is 2. The van der Waals surface area contributed by atoms with Gasteiger partial charge >= 0.3 is 0 Å². The Bertz CT molecular complexity index is 266. The molecule has 0 aliphatic carbocycles. The van der Waals surface area contributed by atoms with Crippen molar-refractivity contribution < 1.29 is 14.7 Å². The molecule has 0 aromatic rings. The molecule has 0 bridgehead atoms. The summed E-state index contributed by atoms with van der Waals surface area (Å²) in [6.45, 7) is 4.52. The van der Waals surface area contributed by atoms with Crippen molar-refractivity contribution in [2.24, 2.45) is 5.92 Å². The Morgan fingerprint density at radius 3 is 2.81 bits per heavy atom. The topological polar surface area (TPSA) is 69.6 Å². The van der Waals surface area contributed by atoms with E-state index in [1.54, 1.807) is 11.8 Å². The molecule has 1 heterocycles. The zero-order valence-electron chi connectivity index (χ0n) is 9.90. The Hall–Kier alpha value is -1.10. The minimum atomic E-state index is -0.378. The molecule has 0 radical (unpaired) electrons. The zero-order chi connectivity index (χ0) is 12.1. The number of aliphatic hydroxyl groups is 1. The first-order chi connectivity index (χ1) is 7.50. The second kappa shape index (κ2) is 5.84. The van der Waals surface area contributed by atoms with Crippen LogP contribution in [0, 0.1) is 5.92 Å². The Kier molecular flexibility index (Phi) is 4.73. The highest BCUT2D eigenvalue weighted by Crippen LogP contribution is 2.19. The summed E-state index contributed by atoms with van der Waals surface area (Å²) in [5, 5.41) is 12.0. The van der Waals surface area contributed by atoms with Gasteiger partial charge in [-0.15, -0.1) is 0 Å². The third kappa shape index (κ3) is 3.81. The van der Waals surface area contributed by atoms with E-state index in [1.165, 1.54) is 6.92 Å². The lowest BCUT2D eigenvalue weighted by Crippen LogP contribution is -2.46. The summed E-state index contributed by atoms with van der Waals surface area (Å²) >= 11 is 0. The Morgan fingerprint density at radius 1 is 1.56 bits per heavy atom. The molecule has 5 nitrogen and oxygen atoms in total. The summed E-state index contributed by atoms with van der Waals surface area (Å²) in [4.78, 5) is 24.1. The molecule has 1 rings (SSSR count). The number of carbonyl (C=O) groups is 2. The van der Waals surface area contributed by atoms with Crippen LogP contribution < -0.4 is 5.32 Å². The van der Waals surface area contributed by atoms with Gasteiger partial charge in [0, 0.05) is 25.9 Å². The van der Waals surface area contributed by atoms with E-state index in [4.69, 9.17) is 0 Å². The van der Waals surface area contributed by atoms with Crippen molar-refractivity contribution in [3.8, 4) is 0 Å². The number of likely N-dealkylation sites (tertiary alicyclic amines) is 1. The highest BCUT2D eigenvalue weighted by Gasteiger charge is 2.26. The number of aliphatic hydroxyl groups excluding tert-OH is 1. The Morgan fingerprint density at radius 2 is 2.25 bits per heavy atom. The zero-order valence-corrected chi connectivity index (χ0v) is 9.90. The minimum absolute atomic E-state index is 0.0574. The monoisotopic (exact) mass is 228 g/mol. The number of hydrogen-bond donors (Lipinski definition) is 2. The highest BCUT2D eigenvalue weighted by molar-refractivity contribution is 5.83. The number of amides is 2. The van der Waals surface area contributed by atoms with E-state index in [0.29, 0.717) is 6.54 Å². The molecule has 1 saturated heterocycles. The molecule has 2 unspecified atom stereocenters. The van der Waals surface area contributed by atoms with E-state index in [1.807, 2.05) is 0 Å². The van der Waals surface area contributed by atoms with Crippen LogP contribution in [0.5, 0.6) is 0 Å². The van der Waals surface area contributed by atoms with E-state index in [9.17, 15) is 14.7 Å². The summed E-state index contributed by atoms with van der Waals surface area (Å²) < 4.78 is 0. The van der Waals surface area contributed by atoms with Crippen molar-refractivity contribution in [2.45, 2.75) is 32.8 Å². The molecule has 92 valence electrons. The lowest BCUT2D eigenvalue weighted by Gasteiger charge is -2.34. The van der Waals surface area contributed by atoms with Crippen molar-refractivity contribution in [3.63, 3.8) is 0 Å². The van der Waals surface area contributed by atoms with Gasteiger partial charge in [0.1, 0.15) is 0 Å². The SMILES string of the molecule is CC(=O)NCC(=O)N1CCCC(C(C)O)C1. The van der Waals surface area contributed by atoms with Gasteiger partial charge in [-0.1, -0.05) is 0 Å². The molecule has 1 fully saturated rings. The molecule has 0 aromatic heterocycles. The number of hydrogen-bond acceptors (Lipinski definition) is 3. The molecule has 0 aromatic carbocycles. The number of piperidine rings is 1. The number of rotatable bonds is 3. The summed E-state index contributed by atoms with van der Waals surface area (Å²) in [7, 11) is 0. The number of nitrogens with one attached hydrogen (secondary N) is 1. The van der Waals surface area contributed by atoms with Crippen LogP contribution in [0.25, 0.3) is 0 Å². The predicted molar refractivity (Wildman–Crippen MR) is 59.7 cm³/mol. The third-order valence-electron chi connectivity index (χ3n) is 2.98. The molecule has 1 aliphatic rings. The first kappa shape index (κ1) is 13.0. The summed E-state index contributed by atoms with van der Waals surface area (Å²) in [6, 6.07) is 0. The van der Waals surface area contributed by atoms with Crippen molar-refractivity contribution in [1.29, 1.82) is 0 Å². The molecule has 2 amide bonds. The van der Waals surface area contributed by atoms with Crippen molar-refractivity contribution in [3.05, 3.63) is 0 Å². The fraction of sp³-hybridized carbons (Fsp3) is 0.818. The van der Waals surface area contributed by atoms with Gasteiger partial charge in [-0.05, 0) is 19.8 Å². The normalized spacial score (nSPS) is 22.7. The van der Waals surface area contributed by atoms with Crippen molar-refractivity contribution >= 4 is 11.8 Å². The average molecular weight is 228 g/mol. The quantitative estimate of drug-likeness (QED) is 0.699. The van der Waals surface area contributed by atoms with Gasteiger partial charge in [0.05, 0.1) is 12.6 Å². The van der Waals surface area contributed by atoms with Crippen LogP contribution in [0.15, 0.2) is 0 Å². The molecule has 1 aliphatic heterocycles. The van der Waals surface area contributed by atoms with Crippen LogP contribution in [-0.2, 0) is 9.59 Å². The van der Waals surface area contributed by atoms with Gasteiger partial charge in [0.25, 0.3) is 0 Å². The van der Waals surface area contributed by atoms with Gasteiger partial charge in [-0.2, -0.15) is 0 Å². The van der Waals surface area contributed by atoms with E-state index in [2.05, 4.69) is 5.32 Å². The van der Waals surface area contributed by atoms with Crippen LogP contribution in [0.3, 0.4) is 0 Å². The Balaban J connectivity index is 2.40. The van der Waals surface area contributed by atoms with E-state index in [0.717, 1.165) is 19.4 Å². The first-order valence-electron chi connectivity index (χ1n) is 5.71.